The normalized spacial score (nSPS) is 12.2. The number of hydrogen-bond donors (Lipinski definition) is 1. The van der Waals surface area contributed by atoms with Gasteiger partial charge < -0.3 is 5.73 Å². The van der Waals surface area contributed by atoms with Crippen LogP contribution >= 0.6 is 11.6 Å². The Morgan fingerprint density at radius 2 is 2.00 bits per heavy atom. The van der Waals surface area contributed by atoms with Crippen LogP contribution in [-0.2, 0) is 12.6 Å². The summed E-state index contributed by atoms with van der Waals surface area (Å²) in [4.78, 5) is 0. The first-order valence-corrected chi connectivity index (χ1v) is 4.20. The number of halogens is 1. The Hall–Kier alpha value is -0.540. The molecule has 0 bridgehead atoms. The lowest BCUT2D eigenvalue weighted by atomic mass is 9.97. The highest BCUT2D eigenvalue weighted by molar-refractivity contribution is 6.30. The molecule has 3 nitrogen and oxygen atoms in total. The van der Waals surface area contributed by atoms with Crippen molar-refractivity contribution in [3.8, 4) is 0 Å². The van der Waals surface area contributed by atoms with Gasteiger partial charge in [0, 0.05) is 18.2 Å². The molecule has 1 aromatic heterocycles. The number of aryl methyl sites for hydroxylation is 2. The van der Waals surface area contributed by atoms with Crippen LogP contribution in [-0.4, -0.2) is 9.78 Å². The molecule has 0 saturated carbocycles. The minimum Gasteiger partial charge on any atom is -0.322 e. The summed E-state index contributed by atoms with van der Waals surface area (Å²) in [5.41, 5.74) is 7.33. The van der Waals surface area contributed by atoms with Gasteiger partial charge in [-0.3, -0.25) is 4.68 Å². The molecule has 1 aromatic rings. The lowest BCUT2D eigenvalue weighted by molar-refractivity contribution is 0.550. The zero-order chi connectivity index (χ0) is 9.52. The molecule has 2 N–H and O–H groups in total. The highest BCUT2D eigenvalue weighted by atomic mass is 35.5. The van der Waals surface area contributed by atoms with Crippen LogP contribution in [0.15, 0.2) is 0 Å². The first kappa shape index (κ1) is 9.55. The molecule has 0 radical (unpaired) electrons. The van der Waals surface area contributed by atoms with Gasteiger partial charge in [0.25, 0.3) is 0 Å². The highest BCUT2D eigenvalue weighted by Gasteiger charge is 2.23. The summed E-state index contributed by atoms with van der Waals surface area (Å²) in [6.45, 7) is 5.75. The van der Waals surface area contributed by atoms with E-state index in [0.717, 1.165) is 11.3 Å². The van der Waals surface area contributed by atoms with E-state index in [0.29, 0.717) is 5.15 Å². The average Bonchev–Trinajstić information content (AvgIpc) is 2.05. The average molecular weight is 188 g/mol. The van der Waals surface area contributed by atoms with Crippen LogP contribution in [0, 0.1) is 6.92 Å². The number of nitrogens with zero attached hydrogens (tertiary/aromatic N) is 2. The summed E-state index contributed by atoms with van der Waals surface area (Å²) in [6.07, 6.45) is 0. The minimum absolute atomic E-state index is 0.421. The van der Waals surface area contributed by atoms with Crippen molar-refractivity contribution in [3.63, 3.8) is 0 Å². The zero-order valence-corrected chi connectivity index (χ0v) is 8.61. The van der Waals surface area contributed by atoms with Crippen LogP contribution in [0.5, 0.6) is 0 Å². The van der Waals surface area contributed by atoms with Crippen LogP contribution < -0.4 is 5.73 Å². The lowest BCUT2D eigenvalue weighted by Gasteiger charge is -2.18. The van der Waals surface area contributed by atoms with Gasteiger partial charge in [0.1, 0.15) is 5.15 Å². The van der Waals surface area contributed by atoms with Crippen molar-refractivity contribution in [2.75, 3.05) is 0 Å². The van der Waals surface area contributed by atoms with Crippen molar-refractivity contribution in [2.45, 2.75) is 26.3 Å². The molecule has 68 valence electrons. The van der Waals surface area contributed by atoms with Gasteiger partial charge >= 0.3 is 0 Å². The van der Waals surface area contributed by atoms with Crippen LogP contribution in [0.1, 0.15) is 25.1 Å². The Morgan fingerprint density at radius 3 is 2.17 bits per heavy atom. The second-order valence-corrected chi connectivity index (χ2v) is 3.95. The predicted molar refractivity (Wildman–Crippen MR) is 50.2 cm³/mol. The second-order valence-electron chi connectivity index (χ2n) is 3.60. The fourth-order valence-corrected chi connectivity index (χ4v) is 1.78. The zero-order valence-electron chi connectivity index (χ0n) is 7.85. The molecule has 0 aliphatic heterocycles. The Morgan fingerprint density at radius 1 is 1.50 bits per heavy atom. The molecule has 4 heteroatoms. The SMILES string of the molecule is Cc1nn(C)c(Cl)c1C(C)(C)N. The van der Waals surface area contributed by atoms with Crippen LogP contribution in [0.3, 0.4) is 0 Å². The standard InChI is InChI=1S/C8H14ClN3/c1-5-6(8(2,3)10)7(9)12(4)11-5/h10H2,1-4H3. The quantitative estimate of drug-likeness (QED) is 0.726. The largest absolute Gasteiger partial charge is 0.322 e. The van der Waals surface area contributed by atoms with Crippen LogP contribution in [0.2, 0.25) is 5.15 Å². The molecule has 0 aromatic carbocycles. The van der Waals surface area contributed by atoms with Crippen LogP contribution in [0.25, 0.3) is 0 Å². The summed E-state index contributed by atoms with van der Waals surface area (Å²) in [5.74, 6) is 0. The first-order chi connectivity index (χ1) is 5.34. The molecule has 0 aliphatic rings. The molecule has 0 spiro atoms. The van der Waals surface area contributed by atoms with E-state index in [9.17, 15) is 0 Å². The van der Waals surface area contributed by atoms with E-state index in [1.54, 1.807) is 4.68 Å². The van der Waals surface area contributed by atoms with Gasteiger partial charge in [-0.25, -0.2) is 0 Å². The first-order valence-electron chi connectivity index (χ1n) is 3.82. The Kier molecular flexibility index (Phi) is 2.19. The van der Waals surface area contributed by atoms with Crippen molar-refractivity contribution in [1.29, 1.82) is 0 Å². The predicted octanol–water partition coefficient (Wildman–Crippen LogP) is 1.58. The smallest absolute Gasteiger partial charge is 0.132 e. The molecule has 1 rings (SSSR count). The summed E-state index contributed by atoms with van der Waals surface area (Å²) in [7, 11) is 1.81. The molecule has 0 atom stereocenters. The third-order valence-corrected chi connectivity index (χ3v) is 2.23. The van der Waals surface area contributed by atoms with Gasteiger partial charge in [0.15, 0.2) is 0 Å². The van der Waals surface area contributed by atoms with Crippen molar-refractivity contribution in [2.24, 2.45) is 12.8 Å². The minimum atomic E-state index is -0.421. The molecular formula is C8H14ClN3. The maximum atomic E-state index is 6.02. The van der Waals surface area contributed by atoms with Gasteiger partial charge in [-0.05, 0) is 20.8 Å². The summed E-state index contributed by atoms with van der Waals surface area (Å²) in [6, 6.07) is 0. The third-order valence-electron chi connectivity index (χ3n) is 1.80. The molecular weight excluding hydrogens is 174 g/mol. The van der Waals surface area contributed by atoms with Gasteiger partial charge in [-0.15, -0.1) is 0 Å². The number of rotatable bonds is 1. The molecule has 12 heavy (non-hydrogen) atoms. The fraction of sp³-hybridized carbons (Fsp3) is 0.625. The van der Waals surface area contributed by atoms with E-state index in [1.807, 2.05) is 27.8 Å². The summed E-state index contributed by atoms with van der Waals surface area (Å²) >= 11 is 6.02. The Labute approximate surface area is 77.5 Å². The third kappa shape index (κ3) is 1.47. The van der Waals surface area contributed by atoms with Gasteiger partial charge in [-0.1, -0.05) is 11.6 Å². The van der Waals surface area contributed by atoms with E-state index in [4.69, 9.17) is 17.3 Å². The van der Waals surface area contributed by atoms with E-state index in [1.165, 1.54) is 0 Å². The van der Waals surface area contributed by atoms with Crippen molar-refractivity contribution in [3.05, 3.63) is 16.4 Å². The topological polar surface area (TPSA) is 43.8 Å². The van der Waals surface area contributed by atoms with Crippen molar-refractivity contribution in [1.82, 2.24) is 9.78 Å². The molecule has 0 amide bonds. The fourth-order valence-electron chi connectivity index (χ4n) is 1.36. The van der Waals surface area contributed by atoms with Crippen molar-refractivity contribution < 1.29 is 0 Å². The molecule has 0 unspecified atom stereocenters. The van der Waals surface area contributed by atoms with Gasteiger partial charge in [-0.2, -0.15) is 5.10 Å². The maximum Gasteiger partial charge on any atom is 0.132 e. The van der Waals surface area contributed by atoms with Crippen LogP contribution in [0.4, 0.5) is 0 Å². The molecule has 0 fully saturated rings. The van der Waals surface area contributed by atoms with Gasteiger partial charge in [0.05, 0.1) is 5.69 Å². The van der Waals surface area contributed by atoms with Crippen molar-refractivity contribution >= 4 is 11.6 Å². The monoisotopic (exact) mass is 187 g/mol. The van der Waals surface area contributed by atoms with E-state index >= 15 is 0 Å². The number of hydrogen-bond acceptors (Lipinski definition) is 2. The molecule has 1 heterocycles. The van der Waals surface area contributed by atoms with E-state index in [-0.39, 0.29) is 0 Å². The lowest BCUT2D eigenvalue weighted by Crippen LogP contribution is -2.29. The number of aromatic nitrogens is 2. The summed E-state index contributed by atoms with van der Waals surface area (Å²) in [5, 5.41) is 4.81. The Balaban J connectivity index is 3.32. The second kappa shape index (κ2) is 2.75. The highest BCUT2D eigenvalue weighted by Crippen LogP contribution is 2.27. The number of nitrogens with two attached hydrogens (primary N) is 1. The molecule has 0 saturated heterocycles. The Bertz CT molecular complexity index is 296. The summed E-state index contributed by atoms with van der Waals surface area (Å²) < 4.78 is 1.64. The van der Waals surface area contributed by atoms with Gasteiger partial charge in [0.2, 0.25) is 0 Å². The molecule has 0 aliphatic carbocycles. The van der Waals surface area contributed by atoms with E-state index in [2.05, 4.69) is 5.10 Å². The van der Waals surface area contributed by atoms with E-state index < -0.39 is 5.54 Å². The maximum absolute atomic E-state index is 6.02.